The molecular formula is C15H18N4OS. The van der Waals surface area contributed by atoms with Crippen LogP contribution in [-0.4, -0.2) is 32.9 Å². The van der Waals surface area contributed by atoms with Crippen LogP contribution >= 0.6 is 11.3 Å². The van der Waals surface area contributed by atoms with Gasteiger partial charge in [-0.25, -0.2) is 4.98 Å². The van der Waals surface area contributed by atoms with Crippen molar-refractivity contribution >= 4 is 22.8 Å². The lowest BCUT2D eigenvalue weighted by Gasteiger charge is -2.12. The monoisotopic (exact) mass is 302 g/mol. The molecule has 21 heavy (non-hydrogen) atoms. The van der Waals surface area contributed by atoms with E-state index in [9.17, 15) is 0 Å². The van der Waals surface area contributed by atoms with Gasteiger partial charge in [0.2, 0.25) is 0 Å². The standard InChI is InChI=1S/C15H18N4OS/c1-10-11(2)17-14-9-12(13-5-3-8-21-13)18-19(14)15(10)16-6-4-7-20/h3,5,8-9,16,20H,4,6-7H2,1-2H3. The fourth-order valence-electron chi connectivity index (χ4n) is 2.24. The van der Waals surface area contributed by atoms with E-state index in [1.807, 2.05) is 35.9 Å². The van der Waals surface area contributed by atoms with Gasteiger partial charge >= 0.3 is 0 Å². The average Bonchev–Trinajstić information content (AvgIpc) is 3.11. The second-order valence-electron chi connectivity index (χ2n) is 4.95. The third kappa shape index (κ3) is 2.64. The highest BCUT2D eigenvalue weighted by molar-refractivity contribution is 7.13. The number of thiophene rings is 1. The van der Waals surface area contributed by atoms with Gasteiger partial charge in [0.1, 0.15) is 11.5 Å². The first-order valence-electron chi connectivity index (χ1n) is 6.96. The van der Waals surface area contributed by atoms with E-state index in [2.05, 4.69) is 21.5 Å². The van der Waals surface area contributed by atoms with Gasteiger partial charge in [0.25, 0.3) is 0 Å². The number of nitrogens with zero attached hydrogens (tertiary/aromatic N) is 3. The molecule has 0 bridgehead atoms. The van der Waals surface area contributed by atoms with E-state index < -0.39 is 0 Å². The summed E-state index contributed by atoms with van der Waals surface area (Å²) >= 11 is 1.67. The first-order chi connectivity index (χ1) is 10.2. The fraction of sp³-hybridized carbons (Fsp3) is 0.333. The first kappa shape index (κ1) is 14.0. The molecule has 2 N–H and O–H groups in total. The molecule has 0 aliphatic carbocycles. The second-order valence-corrected chi connectivity index (χ2v) is 5.90. The zero-order chi connectivity index (χ0) is 14.8. The van der Waals surface area contributed by atoms with E-state index in [0.29, 0.717) is 13.0 Å². The summed E-state index contributed by atoms with van der Waals surface area (Å²) in [5, 5.41) is 19.0. The first-order valence-corrected chi connectivity index (χ1v) is 7.84. The lowest BCUT2D eigenvalue weighted by molar-refractivity contribution is 0.292. The van der Waals surface area contributed by atoms with Crippen molar-refractivity contribution in [2.45, 2.75) is 20.3 Å². The molecule has 6 heteroatoms. The molecule has 0 spiro atoms. The van der Waals surface area contributed by atoms with Crippen molar-refractivity contribution in [1.29, 1.82) is 0 Å². The molecule has 3 aromatic heterocycles. The molecule has 5 nitrogen and oxygen atoms in total. The largest absolute Gasteiger partial charge is 0.396 e. The van der Waals surface area contributed by atoms with E-state index in [1.54, 1.807) is 11.3 Å². The van der Waals surface area contributed by atoms with Crippen LogP contribution in [0.3, 0.4) is 0 Å². The summed E-state index contributed by atoms with van der Waals surface area (Å²) in [6, 6.07) is 6.09. The van der Waals surface area contributed by atoms with Crippen LogP contribution in [0.4, 0.5) is 5.82 Å². The number of aromatic nitrogens is 3. The summed E-state index contributed by atoms with van der Waals surface area (Å²) in [4.78, 5) is 5.75. The van der Waals surface area contributed by atoms with Gasteiger partial charge in [-0.1, -0.05) is 6.07 Å². The Morgan fingerprint density at radius 1 is 1.38 bits per heavy atom. The summed E-state index contributed by atoms with van der Waals surface area (Å²) in [6.45, 7) is 4.93. The summed E-state index contributed by atoms with van der Waals surface area (Å²) in [7, 11) is 0. The van der Waals surface area contributed by atoms with Crippen LogP contribution in [0.25, 0.3) is 16.2 Å². The molecule has 3 rings (SSSR count). The van der Waals surface area contributed by atoms with Crippen molar-refractivity contribution in [2.75, 3.05) is 18.5 Å². The molecular weight excluding hydrogens is 284 g/mol. The zero-order valence-corrected chi connectivity index (χ0v) is 12.9. The van der Waals surface area contributed by atoms with Gasteiger partial charge in [-0.2, -0.15) is 9.61 Å². The Morgan fingerprint density at radius 2 is 2.24 bits per heavy atom. The van der Waals surface area contributed by atoms with Crippen LogP contribution in [-0.2, 0) is 0 Å². The van der Waals surface area contributed by atoms with E-state index >= 15 is 0 Å². The third-order valence-electron chi connectivity index (χ3n) is 3.48. The van der Waals surface area contributed by atoms with Gasteiger partial charge in [-0.05, 0) is 31.7 Å². The molecule has 0 atom stereocenters. The van der Waals surface area contributed by atoms with Crippen LogP contribution < -0.4 is 5.32 Å². The number of anilines is 1. The van der Waals surface area contributed by atoms with Crippen molar-refractivity contribution in [1.82, 2.24) is 14.6 Å². The van der Waals surface area contributed by atoms with Crippen molar-refractivity contribution in [3.8, 4) is 10.6 Å². The normalized spacial score (nSPS) is 11.2. The lowest BCUT2D eigenvalue weighted by atomic mass is 10.2. The van der Waals surface area contributed by atoms with E-state index in [-0.39, 0.29) is 6.61 Å². The van der Waals surface area contributed by atoms with Crippen LogP contribution in [0.1, 0.15) is 17.7 Å². The highest BCUT2D eigenvalue weighted by Gasteiger charge is 2.13. The summed E-state index contributed by atoms with van der Waals surface area (Å²) in [6.07, 6.45) is 0.710. The van der Waals surface area contributed by atoms with Crippen LogP contribution in [0, 0.1) is 13.8 Å². The fourth-order valence-corrected chi connectivity index (χ4v) is 2.92. The molecule has 110 valence electrons. The SMILES string of the molecule is Cc1nc2cc(-c3cccs3)nn2c(NCCCO)c1C. The summed E-state index contributed by atoms with van der Waals surface area (Å²) in [5.74, 6) is 0.953. The minimum Gasteiger partial charge on any atom is -0.396 e. The number of aliphatic hydroxyl groups excluding tert-OH is 1. The molecule has 0 unspecified atom stereocenters. The number of hydrogen-bond donors (Lipinski definition) is 2. The second kappa shape index (κ2) is 5.83. The van der Waals surface area contributed by atoms with Crippen molar-refractivity contribution in [3.05, 3.63) is 34.8 Å². The topological polar surface area (TPSA) is 62.5 Å². The van der Waals surface area contributed by atoms with E-state index in [4.69, 9.17) is 5.11 Å². The van der Waals surface area contributed by atoms with Gasteiger partial charge < -0.3 is 10.4 Å². The zero-order valence-electron chi connectivity index (χ0n) is 12.1. The highest BCUT2D eigenvalue weighted by atomic mass is 32.1. The number of fused-ring (bicyclic) bond motifs is 1. The average molecular weight is 302 g/mol. The highest BCUT2D eigenvalue weighted by Crippen LogP contribution is 2.27. The number of hydrogen-bond acceptors (Lipinski definition) is 5. The Morgan fingerprint density at radius 3 is 2.95 bits per heavy atom. The van der Waals surface area contributed by atoms with Crippen molar-refractivity contribution in [3.63, 3.8) is 0 Å². The van der Waals surface area contributed by atoms with Gasteiger partial charge in [0, 0.05) is 30.5 Å². The molecule has 0 aromatic carbocycles. The molecule has 0 aliphatic heterocycles. The molecule has 3 heterocycles. The number of aryl methyl sites for hydroxylation is 1. The minimum atomic E-state index is 0.179. The Bertz CT molecular complexity index is 749. The molecule has 0 saturated carbocycles. The van der Waals surface area contributed by atoms with Crippen LogP contribution in [0.5, 0.6) is 0 Å². The number of aliphatic hydroxyl groups is 1. The summed E-state index contributed by atoms with van der Waals surface area (Å²) < 4.78 is 1.86. The predicted molar refractivity (Wildman–Crippen MR) is 86.0 cm³/mol. The molecule has 3 aromatic rings. The third-order valence-corrected chi connectivity index (χ3v) is 4.38. The van der Waals surface area contributed by atoms with E-state index in [0.717, 1.165) is 33.3 Å². The Balaban J connectivity index is 2.08. The van der Waals surface area contributed by atoms with Crippen LogP contribution in [0.15, 0.2) is 23.6 Å². The number of nitrogens with one attached hydrogen (secondary N) is 1. The Kier molecular flexibility index (Phi) is 3.90. The van der Waals surface area contributed by atoms with E-state index in [1.165, 1.54) is 0 Å². The lowest BCUT2D eigenvalue weighted by Crippen LogP contribution is -2.11. The van der Waals surface area contributed by atoms with Gasteiger partial charge in [0.15, 0.2) is 5.65 Å². The molecule has 0 saturated heterocycles. The van der Waals surface area contributed by atoms with Crippen molar-refractivity contribution in [2.24, 2.45) is 0 Å². The van der Waals surface area contributed by atoms with Crippen molar-refractivity contribution < 1.29 is 5.11 Å². The van der Waals surface area contributed by atoms with Gasteiger partial charge in [-0.3, -0.25) is 0 Å². The maximum Gasteiger partial charge on any atom is 0.158 e. The Hall–Kier alpha value is -1.92. The summed E-state index contributed by atoms with van der Waals surface area (Å²) in [5.41, 5.74) is 3.86. The quantitative estimate of drug-likeness (QED) is 0.711. The van der Waals surface area contributed by atoms with Gasteiger partial charge in [0.05, 0.1) is 4.88 Å². The van der Waals surface area contributed by atoms with Gasteiger partial charge in [-0.15, -0.1) is 11.3 Å². The molecule has 0 aliphatic rings. The Labute approximate surface area is 127 Å². The maximum atomic E-state index is 8.94. The maximum absolute atomic E-state index is 8.94. The number of rotatable bonds is 5. The molecule has 0 amide bonds. The molecule has 0 radical (unpaired) electrons. The molecule has 0 fully saturated rings. The predicted octanol–water partition coefficient (Wildman–Crippen LogP) is 2.87. The minimum absolute atomic E-state index is 0.179. The van der Waals surface area contributed by atoms with Crippen LogP contribution in [0.2, 0.25) is 0 Å². The smallest absolute Gasteiger partial charge is 0.158 e.